The van der Waals surface area contributed by atoms with E-state index in [1.807, 2.05) is 0 Å². The fourth-order valence-electron chi connectivity index (χ4n) is 2.88. The monoisotopic (exact) mass is 283 g/mol. The summed E-state index contributed by atoms with van der Waals surface area (Å²) in [5, 5.41) is 9.43. The number of carbonyl (C=O) groups is 2. The predicted molar refractivity (Wildman–Crippen MR) is 74.4 cm³/mol. The van der Waals surface area contributed by atoms with E-state index in [9.17, 15) is 14.7 Å². The minimum atomic E-state index is -0.908. The molecule has 5 heteroatoms. The van der Waals surface area contributed by atoms with Crippen LogP contribution in [-0.2, 0) is 9.53 Å². The number of hydrogen-bond donors (Lipinski definition) is 1. The number of carbonyl (C=O) groups excluding carboxylic acids is 1. The highest BCUT2D eigenvalue weighted by Gasteiger charge is 2.43. The van der Waals surface area contributed by atoms with Crippen LogP contribution < -0.4 is 0 Å². The SMILES string of the molecule is CC(C)(C)OC(=O)N1CC[C@@H](CCC2CC2)[C@H]1C(=O)O. The molecular formula is C15H25NO4. The van der Waals surface area contributed by atoms with Crippen molar-refractivity contribution in [3.63, 3.8) is 0 Å². The van der Waals surface area contributed by atoms with Crippen LogP contribution in [0, 0.1) is 11.8 Å². The maximum Gasteiger partial charge on any atom is 0.411 e. The summed E-state index contributed by atoms with van der Waals surface area (Å²) in [6, 6.07) is -0.719. The third-order valence-corrected chi connectivity index (χ3v) is 4.05. The van der Waals surface area contributed by atoms with Gasteiger partial charge in [0, 0.05) is 6.54 Å². The van der Waals surface area contributed by atoms with E-state index >= 15 is 0 Å². The molecule has 2 rings (SSSR count). The van der Waals surface area contributed by atoms with E-state index in [1.54, 1.807) is 20.8 Å². The Morgan fingerprint density at radius 3 is 2.35 bits per heavy atom. The van der Waals surface area contributed by atoms with Crippen molar-refractivity contribution in [3.05, 3.63) is 0 Å². The van der Waals surface area contributed by atoms with Crippen molar-refractivity contribution in [2.45, 2.75) is 64.5 Å². The number of ether oxygens (including phenoxy) is 1. The van der Waals surface area contributed by atoms with Crippen LogP contribution in [0.1, 0.15) is 52.9 Å². The standard InChI is InChI=1S/C15H25NO4/c1-15(2,3)20-14(19)16-9-8-11(12(16)13(17)18)7-6-10-4-5-10/h10-12H,4-9H2,1-3H3,(H,17,18)/t11-,12+/m1/s1. The minimum absolute atomic E-state index is 0.0700. The highest BCUT2D eigenvalue weighted by molar-refractivity contribution is 5.81. The van der Waals surface area contributed by atoms with Gasteiger partial charge in [-0.15, -0.1) is 0 Å². The van der Waals surface area contributed by atoms with Crippen LogP contribution >= 0.6 is 0 Å². The maximum atomic E-state index is 12.1. The molecule has 1 heterocycles. The van der Waals surface area contributed by atoms with Crippen LogP contribution in [0.3, 0.4) is 0 Å². The lowest BCUT2D eigenvalue weighted by Gasteiger charge is -2.28. The van der Waals surface area contributed by atoms with Crippen molar-refractivity contribution >= 4 is 12.1 Å². The van der Waals surface area contributed by atoms with E-state index in [2.05, 4.69) is 0 Å². The van der Waals surface area contributed by atoms with E-state index in [0.29, 0.717) is 6.54 Å². The molecule has 0 aromatic carbocycles. The molecule has 2 atom stereocenters. The number of nitrogens with zero attached hydrogens (tertiary/aromatic N) is 1. The quantitative estimate of drug-likeness (QED) is 0.861. The molecule has 2 fully saturated rings. The van der Waals surface area contributed by atoms with Gasteiger partial charge in [0.25, 0.3) is 0 Å². The Hall–Kier alpha value is -1.26. The second-order valence-corrected chi connectivity index (χ2v) is 7.03. The van der Waals surface area contributed by atoms with Crippen molar-refractivity contribution < 1.29 is 19.4 Å². The third kappa shape index (κ3) is 3.87. The number of hydrogen-bond acceptors (Lipinski definition) is 3. The summed E-state index contributed by atoms with van der Waals surface area (Å²) in [4.78, 5) is 25.0. The summed E-state index contributed by atoms with van der Waals surface area (Å²) in [7, 11) is 0. The molecule has 0 spiro atoms. The molecule has 1 saturated carbocycles. The zero-order valence-electron chi connectivity index (χ0n) is 12.6. The number of carboxylic acids is 1. The van der Waals surface area contributed by atoms with Gasteiger partial charge in [-0.3, -0.25) is 4.90 Å². The van der Waals surface area contributed by atoms with Gasteiger partial charge in [-0.05, 0) is 45.4 Å². The van der Waals surface area contributed by atoms with Gasteiger partial charge in [-0.2, -0.15) is 0 Å². The van der Waals surface area contributed by atoms with E-state index < -0.39 is 23.7 Å². The molecule has 1 amide bonds. The summed E-state index contributed by atoms with van der Waals surface area (Å²) in [6.07, 6.45) is 4.82. The average Bonchev–Trinajstić information content (AvgIpc) is 3.01. The van der Waals surface area contributed by atoms with Crippen molar-refractivity contribution in [1.29, 1.82) is 0 Å². The van der Waals surface area contributed by atoms with E-state index in [-0.39, 0.29) is 5.92 Å². The minimum Gasteiger partial charge on any atom is -0.480 e. The van der Waals surface area contributed by atoms with Gasteiger partial charge >= 0.3 is 12.1 Å². The summed E-state index contributed by atoms with van der Waals surface area (Å²) in [5.41, 5.74) is -0.591. The Morgan fingerprint density at radius 1 is 1.20 bits per heavy atom. The van der Waals surface area contributed by atoms with Gasteiger partial charge in [-0.25, -0.2) is 9.59 Å². The van der Waals surface area contributed by atoms with Crippen LogP contribution in [0.2, 0.25) is 0 Å². The Labute approximate surface area is 120 Å². The molecule has 1 saturated heterocycles. The zero-order chi connectivity index (χ0) is 14.9. The van der Waals surface area contributed by atoms with Crippen molar-refractivity contribution in [2.24, 2.45) is 11.8 Å². The van der Waals surface area contributed by atoms with Gasteiger partial charge in [0.2, 0.25) is 0 Å². The largest absolute Gasteiger partial charge is 0.480 e. The van der Waals surface area contributed by atoms with Crippen molar-refractivity contribution in [3.8, 4) is 0 Å². The lowest BCUT2D eigenvalue weighted by Crippen LogP contribution is -2.45. The van der Waals surface area contributed by atoms with Gasteiger partial charge in [-0.1, -0.05) is 19.3 Å². The first kappa shape index (κ1) is 15.1. The van der Waals surface area contributed by atoms with Crippen LogP contribution in [0.15, 0.2) is 0 Å². The normalized spacial score (nSPS) is 26.6. The maximum absolute atomic E-state index is 12.1. The van der Waals surface area contributed by atoms with Crippen LogP contribution in [-0.4, -0.2) is 40.3 Å². The lowest BCUT2D eigenvalue weighted by atomic mass is 9.94. The first-order valence-corrected chi connectivity index (χ1v) is 7.50. The van der Waals surface area contributed by atoms with Crippen molar-refractivity contribution in [1.82, 2.24) is 4.90 Å². The van der Waals surface area contributed by atoms with E-state index in [1.165, 1.54) is 17.7 Å². The molecule has 2 aliphatic rings. The van der Waals surface area contributed by atoms with Crippen LogP contribution in [0.5, 0.6) is 0 Å². The summed E-state index contributed by atoms with van der Waals surface area (Å²) in [6.45, 7) is 5.87. The Morgan fingerprint density at radius 2 is 1.85 bits per heavy atom. The van der Waals surface area contributed by atoms with Crippen molar-refractivity contribution in [2.75, 3.05) is 6.54 Å². The molecular weight excluding hydrogens is 258 g/mol. The first-order chi connectivity index (χ1) is 9.28. The molecule has 1 N–H and O–H groups in total. The number of carboxylic acid groups (broad SMARTS) is 1. The average molecular weight is 283 g/mol. The molecule has 0 bridgehead atoms. The highest BCUT2D eigenvalue weighted by Crippen LogP contribution is 2.38. The van der Waals surface area contributed by atoms with Crippen LogP contribution in [0.25, 0.3) is 0 Å². The molecule has 0 radical (unpaired) electrons. The molecule has 20 heavy (non-hydrogen) atoms. The smallest absolute Gasteiger partial charge is 0.411 e. The van der Waals surface area contributed by atoms with E-state index in [4.69, 9.17) is 4.74 Å². The molecule has 0 aromatic rings. The molecule has 0 aromatic heterocycles. The number of likely N-dealkylation sites (tertiary alicyclic amines) is 1. The summed E-state index contributed by atoms with van der Waals surface area (Å²) in [5.74, 6) is -0.0465. The second kappa shape index (κ2) is 5.62. The lowest BCUT2D eigenvalue weighted by molar-refractivity contribution is -0.143. The Kier molecular flexibility index (Phi) is 4.25. The summed E-state index contributed by atoms with van der Waals surface area (Å²) < 4.78 is 5.31. The Balaban J connectivity index is 1.97. The molecule has 5 nitrogen and oxygen atoms in total. The fraction of sp³-hybridized carbons (Fsp3) is 0.867. The second-order valence-electron chi connectivity index (χ2n) is 7.03. The molecule has 0 unspecified atom stereocenters. The topological polar surface area (TPSA) is 66.8 Å². The zero-order valence-corrected chi connectivity index (χ0v) is 12.6. The fourth-order valence-corrected chi connectivity index (χ4v) is 2.88. The Bertz CT molecular complexity index is 384. The molecule has 1 aliphatic carbocycles. The number of rotatable bonds is 4. The van der Waals surface area contributed by atoms with Gasteiger partial charge in [0.15, 0.2) is 0 Å². The van der Waals surface area contributed by atoms with Gasteiger partial charge in [0.05, 0.1) is 0 Å². The van der Waals surface area contributed by atoms with Crippen LogP contribution in [0.4, 0.5) is 4.79 Å². The van der Waals surface area contributed by atoms with E-state index in [0.717, 1.165) is 25.2 Å². The first-order valence-electron chi connectivity index (χ1n) is 7.50. The molecule has 1 aliphatic heterocycles. The molecule has 114 valence electrons. The highest BCUT2D eigenvalue weighted by atomic mass is 16.6. The van der Waals surface area contributed by atoms with Gasteiger partial charge in [0.1, 0.15) is 11.6 Å². The van der Waals surface area contributed by atoms with Gasteiger partial charge < -0.3 is 9.84 Å². The third-order valence-electron chi connectivity index (χ3n) is 4.05. The summed E-state index contributed by atoms with van der Waals surface area (Å²) >= 11 is 0. The number of amides is 1. The predicted octanol–water partition coefficient (Wildman–Crippen LogP) is 2.89. The number of aliphatic carboxylic acids is 1.